The lowest BCUT2D eigenvalue weighted by Gasteiger charge is -2.39. The molecule has 2 N–H and O–H groups in total. The molecule has 3 heterocycles. The van der Waals surface area contributed by atoms with Crippen LogP contribution in [0.5, 0.6) is 5.75 Å². The fraction of sp³-hybridized carbons (Fsp3) is 0.167. The molecule has 10 nitrogen and oxygen atoms in total. The third-order valence-electron chi connectivity index (χ3n) is 6.07. The molecule has 0 radical (unpaired) electrons. The Bertz CT molecular complexity index is 1490. The van der Waals surface area contributed by atoms with Crippen molar-refractivity contribution in [1.82, 2.24) is 0 Å². The summed E-state index contributed by atoms with van der Waals surface area (Å²) >= 11 is 0. The minimum Gasteiger partial charge on any atom is -0.468 e. The van der Waals surface area contributed by atoms with E-state index in [-0.39, 0.29) is 40.4 Å². The first-order valence-electron chi connectivity index (χ1n) is 10.2. The summed E-state index contributed by atoms with van der Waals surface area (Å²) in [7, 11) is 2.33. The smallest absolute Gasteiger partial charge is 0.345 e. The average molecular weight is 462 g/mol. The van der Waals surface area contributed by atoms with Crippen LogP contribution in [0, 0.1) is 0 Å². The Kier molecular flexibility index (Phi) is 4.67. The Hall–Kier alpha value is -4.60. The number of hydrogen-bond donors (Lipinski definition) is 1. The number of nitrogens with zero attached hydrogens (tertiary/aromatic N) is 1. The summed E-state index contributed by atoms with van der Waals surface area (Å²) in [5.74, 6) is -2.81. The number of esters is 3. The molecule has 1 aromatic heterocycles. The van der Waals surface area contributed by atoms with Crippen LogP contribution >= 0.6 is 0 Å². The summed E-state index contributed by atoms with van der Waals surface area (Å²) in [6, 6.07) is 13.0. The molecule has 5 rings (SSSR count). The molecule has 0 saturated carbocycles. The first-order valence-corrected chi connectivity index (χ1v) is 10.2. The van der Waals surface area contributed by atoms with Gasteiger partial charge in [-0.2, -0.15) is 0 Å². The van der Waals surface area contributed by atoms with Crippen molar-refractivity contribution in [2.24, 2.45) is 5.73 Å². The van der Waals surface area contributed by atoms with Gasteiger partial charge in [-0.1, -0.05) is 30.3 Å². The second-order valence-electron chi connectivity index (χ2n) is 7.66. The van der Waals surface area contributed by atoms with Crippen LogP contribution in [0.3, 0.4) is 0 Å². The van der Waals surface area contributed by atoms with Crippen LogP contribution in [0.4, 0.5) is 5.69 Å². The Labute approximate surface area is 192 Å². The highest BCUT2D eigenvalue weighted by molar-refractivity contribution is 6.12. The normalized spacial score (nSPS) is 18.5. The first kappa shape index (κ1) is 21.3. The van der Waals surface area contributed by atoms with Crippen LogP contribution < -0.4 is 21.0 Å². The van der Waals surface area contributed by atoms with Crippen LogP contribution in [0.25, 0.3) is 11.0 Å². The molecule has 2 aromatic carbocycles. The molecule has 0 fully saturated rings. The summed E-state index contributed by atoms with van der Waals surface area (Å²) in [6.45, 7) is -0.357. The van der Waals surface area contributed by atoms with E-state index in [1.165, 1.54) is 12.0 Å². The SMILES string of the molecule is COC(=O)CN1C(N)=C(C(=O)OC)[C@]2(C(=O)Oc3c2c(=O)oc2ccccc32)c2ccccc21. The van der Waals surface area contributed by atoms with Crippen LogP contribution in [0.1, 0.15) is 11.1 Å². The molecule has 1 spiro atoms. The minimum absolute atomic E-state index is 0.0257. The molecule has 2 aliphatic rings. The van der Waals surface area contributed by atoms with Crippen molar-refractivity contribution in [3.8, 4) is 5.75 Å². The van der Waals surface area contributed by atoms with E-state index < -0.39 is 28.9 Å². The van der Waals surface area contributed by atoms with E-state index in [1.807, 2.05) is 0 Å². The lowest BCUT2D eigenvalue weighted by Crippen LogP contribution is -2.51. The molecule has 172 valence electrons. The number of para-hydroxylation sites is 2. The quantitative estimate of drug-likeness (QED) is 0.448. The number of fused-ring (bicyclic) bond motifs is 6. The first-order chi connectivity index (χ1) is 16.4. The number of rotatable bonds is 3. The lowest BCUT2D eigenvalue weighted by atomic mass is 9.67. The van der Waals surface area contributed by atoms with Gasteiger partial charge in [0.05, 0.1) is 19.6 Å². The van der Waals surface area contributed by atoms with Gasteiger partial charge in [0.15, 0.2) is 11.2 Å². The second-order valence-corrected chi connectivity index (χ2v) is 7.66. The Morgan fingerprint density at radius 1 is 1.03 bits per heavy atom. The molecule has 1 atom stereocenters. The summed E-state index contributed by atoms with van der Waals surface area (Å²) < 4.78 is 20.9. The average Bonchev–Trinajstić information content (AvgIpc) is 3.15. The van der Waals surface area contributed by atoms with Crippen molar-refractivity contribution >= 4 is 34.6 Å². The fourth-order valence-corrected chi connectivity index (χ4v) is 4.64. The van der Waals surface area contributed by atoms with Crippen LogP contribution in [0.2, 0.25) is 0 Å². The highest BCUT2D eigenvalue weighted by atomic mass is 16.6. The van der Waals surface area contributed by atoms with Crippen molar-refractivity contribution in [3.05, 3.63) is 81.5 Å². The van der Waals surface area contributed by atoms with Gasteiger partial charge in [0.2, 0.25) is 0 Å². The molecule has 2 aliphatic heterocycles. The monoisotopic (exact) mass is 462 g/mol. The van der Waals surface area contributed by atoms with E-state index in [1.54, 1.807) is 48.5 Å². The van der Waals surface area contributed by atoms with Crippen molar-refractivity contribution in [2.75, 3.05) is 25.7 Å². The Morgan fingerprint density at radius 3 is 2.47 bits per heavy atom. The number of carbonyl (C=O) groups is 3. The number of ether oxygens (including phenoxy) is 3. The molecule has 3 aromatic rings. The van der Waals surface area contributed by atoms with E-state index in [4.69, 9.17) is 24.4 Å². The number of carbonyl (C=O) groups excluding carboxylic acids is 3. The van der Waals surface area contributed by atoms with Crippen molar-refractivity contribution in [1.29, 1.82) is 0 Å². The zero-order valence-electron chi connectivity index (χ0n) is 18.1. The summed E-state index contributed by atoms with van der Waals surface area (Å²) in [5, 5.41) is 0.375. The van der Waals surface area contributed by atoms with E-state index in [0.29, 0.717) is 11.1 Å². The Balaban J connectivity index is 1.94. The second kappa shape index (κ2) is 7.48. The minimum atomic E-state index is -2.07. The molecule has 0 aliphatic carbocycles. The fourth-order valence-electron chi connectivity index (χ4n) is 4.64. The summed E-state index contributed by atoms with van der Waals surface area (Å²) in [4.78, 5) is 53.6. The molecule has 0 bridgehead atoms. The number of methoxy groups -OCH3 is 2. The standard InChI is InChI=1S/C24H18N2O8/c1-31-16(27)11-26-14-9-5-4-8-13(14)24(18(20(26)25)21(28)32-2)17-19(34-23(24)30)12-7-3-6-10-15(12)33-22(17)29/h3-10H,11,25H2,1-2H3/t24-/m0/s1. The maximum Gasteiger partial charge on any atom is 0.345 e. The lowest BCUT2D eigenvalue weighted by molar-refractivity contribution is -0.142. The van der Waals surface area contributed by atoms with Gasteiger partial charge in [-0.05, 0) is 18.2 Å². The highest BCUT2D eigenvalue weighted by Gasteiger charge is 2.63. The molecular weight excluding hydrogens is 444 g/mol. The van der Waals surface area contributed by atoms with Crippen LogP contribution in [0.15, 0.2) is 69.1 Å². The summed E-state index contributed by atoms with van der Waals surface area (Å²) in [6.07, 6.45) is 0. The number of benzene rings is 2. The van der Waals surface area contributed by atoms with Gasteiger partial charge in [0, 0.05) is 11.3 Å². The molecule has 10 heteroatoms. The maximum atomic E-state index is 13.7. The highest BCUT2D eigenvalue weighted by Crippen LogP contribution is 2.55. The largest absolute Gasteiger partial charge is 0.468 e. The Morgan fingerprint density at radius 2 is 1.74 bits per heavy atom. The van der Waals surface area contributed by atoms with Crippen molar-refractivity contribution in [3.63, 3.8) is 0 Å². The van der Waals surface area contributed by atoms with Gasteiger partial charge in [0.1, 0.15) is 29.1 Å². The number of nitrogens with two attached hydrogens (primary N) is 1. The van der Waals surface area contributed by atoms with Gasteiger partial charge >= 0.3 is 23.5 Å². The molecule has 34 heavy (non-hydrogen) atoms. The van der Waals surface area contributed by atoms with Crippen molar-refractivity contribution in [2.45, 2.75) is 5.41 Å². The zero-order valence-corrected chi connectivity index (χ0v) is 18.1. The summed E-state index contributed by atoms with van der Waals surface area (Å²) in [5.41, 5.74) is 3.66. The maximum absolute atomic E-state index is 13.7. The molecule has 0 unspecified atom stereocenters. The van der Waals surface area contributed by atoms with Crippen LogP contribution in [-0.4, -0.2) is 38.7 Å². The van der Waals surface area contributed by atoms with E-state index in [0.717, 1.165) is 7.11 Å². The molecular formula is C24H18N2O8. The zero-order chi connectivity index (χ0) is 24.2. The molecule has 0 saturated heterocycles. The van der Waals surface area contributed by atoms with Gasteiger partial charge in [-0.25, -0.2) is 14.4 Å². The third kappa shape index (κ3) is 2.62. The van der Waals surface area contributed by atoms with Gasteiger partial charge < -0.3 is 29.3 Å². The van der Waals surface area contributed by atoms with E-state index in [9.17, 15) is 19.2 Å². The predicted octanol–water partition coefficient (Wildman–Crippen LogP) is 1.33. The topological polar surface area (TPSA) is 138 Å². The van der Waals surface area contributed by atoms with E-state index >= 15 is 0 Å². The van der Waals surface area contributed by atoms with Gasteiger partial charge in [-0.15, -0.1) is 0 Å². The number of hydrogen-bond acceptors (Lipinski definition) is 10. The number of anilines is 1. The predicted molar refractivity (Wildman–Crippen MR) is 118 cm³/mol. The third-order valence-corrected chi connectivity index (χ3v) is 6.07. The van der Waals surface area contributed by atoms with Gasteiger partial charge in [-0.3, -0.25) is 4.79 Å². The van der Waals surface area contributed by atoms with E-state index in [2.05, 4.69) is 0 Å². The van der Waals surface area contributed by atoms with Crippen molar-refractivity contribution < 1.29 is 33.0 Å². The van der Waals surface area contributed by atoms with Gasteiger partial charge in [0.25, 0.3) is 0 Å². The van der Waals surface area contributed by atoms with Crippen LogP contribution in [-0.2, 0) is 29.3 Å². The molecule has 0 amide bonds.